The number of hydrogen-bond acceptors (Lipinski definition) is 6. The fourth-order valence-electron chi connectivity index (χ4n) is 9.09. The molecule has 10 heteroatoms. The van der Waals surface area contributed by atoms with Crippen LogP contribution in [-0.4, -0.2) is 74.3 Å². The highest BCUT2D eigenvalue weighted by Gasteiger charge is 2.30. The van der Waals surface area contributed by atoms with Crippen molar-refractivity contribution in [1.82, 2.24) is 5.32 Å². The van der Waals surface area contributed by atoms with E-state index in [-0.39, 0.29) is 31.5 Å². The van der Waals surface area contributed by atoms with Crippen molar-refractivity contribution in [2.45, 2.75) is 277 Å². The number of unbranched alkanes of at least 4 members (excludes halogenated alkanes) is 22. The Kier molecular flexibility index (Phi) is 59.9. The number of ether oxygens (including phenoxy) is 1. The molecule has 0 aliphatic carbocycles. The van der Waals surface area contributed by atoms with Gasteiger partial charge in [0.1, 0.15) is 19.3 Å². The molecule has 0 aliphatic heterocycles. The van der Waals surface area contributed by atoms with Crippen molar-refractivity contribution >= 4 is 19.7 Å². The zero-order chi connectivity index (χ0) is 62.1. The molecule has 2 N–H and O–H groups in total. The number of quaternary nitrogens is 1. The Balaban J connectivity index is 5.16. The van der Waals surface area contributed by atoms with Crippen molar-refractivity contribution < 1.29 is 37.3 Å². The van der Waals surface area contributed by atoms with E-state index in [9.17, 15) is 19.0 Å². The summed E-state index contributed by atoms with van der Waals surface area (Å²) < 4.78 is 30.8. The van der Waals surface area contributed by atoms with E-state index in [1.807, 2.05) is 33.3 Å². The number of phosphoric acid groups is 1. The Hall–Kier alpha value is -4.11. The Morgan fingerprint density at radius 1 is 0.424 bits per heavy atom. The largest absolute Gasteiger partial charge is 0.472 e. The highest BCUT2D eigenvalue weighted by atomic mass is 31.2. The first-order chi connectivity index (χ1) is 41.4. The predicted molar refractivity (Wildman–Crippen MR) is 369 cm³/mol. The van der Waals surface area contributed by atoms with Crippen molar-refractivity contribution in [3.63, 3.8) is 0 Å². The normalized spacial score (nSPS) is 14.5. The van der Waals surface area contributed by atoms with Crippen molar-refractivity contribution in [1.29, 1.82) is 0 Å². The number of nitrogens with zero attached hydrogens (tertiary/aromatic N) is 1. The summed E-state index contributed by atoms with van der Waals surface area (Å²) in [5, 5.41) is 3.04. The average molecular weight is 1200 g/mol. The summed E-state index contributed by atoms with van der Waals surface area (Å²) in [6, 6.07) is -0.876. The van der Waals surface area contributed by atoms with Gasteiger partial charge in [0.2, 0.25) is 5.91 Å². The van der Waals surface area contributed by atoms with Gasteiger partial charge in [-0.25, -0.2) is 4.57 Å². The van der Waals surface area contributed by atoms with Gasteiger partial charge in [-0.3, -0.25) is 18.6 Å². The summed E-state index contributed by atoms with van der Waals surface area (Å²) >= 11 is 0. The molecule has 0 spiro atoms. The molecule has 0 saturated carbocycles. The van der Waals surface area contributed by atoms with Crippen LogP contribution in [0.2, 0.25) is 0 Å². The number of carbonyl (C=O) groups excluding carboxylic acids is 2. The van der Waals surface area contributed by atoms with Gasteiger partial charge in [0.15, 0.2) is 0 Å². The number of esters is 1. The third-order valence-corrected chi connectivity index (χ3v) is 15.3. The highest BCUT2D eigenvalue weighted by Crippen LogP contribution is 2.43. The van der Waals surface area contributed by atoms with Crippen LogP contribution >= 0.6 is 7.82 Å². The molecular formula is C75H128N2O7P+. The molecule has 0 fully saturated rings. The van der Waals surface area contributed by atoms with Crippen LogP contribution in [0.3, 0.4) is 0 Å². The first kappa shape index (κ1) is 80.9. The minimum Gasteiger partial charge on any atom is -0.456 e. The average Bonchev–Trinajstić information content (AvgIpc) is 3.62. The predicted octanol–water partition coefficient (Wildman–Crippen LogP) is 21.8. The maximum absolute atomic E-state index is 13.6. The van der Waals surface area contributed by atoms with E-state index in [1.165, 1.54) is 77.0 Å². The zero-order valence-electron chi connectivity index (χ0n) is 55.3. The minimum absolute atomic E-state index is 0.0257. The number of hydrogen-bond donors (Lipinski definition) is 2. The van der Waals surface area contributed by atoms with Gasteiger partial charge in [-0.05, 0) is 128 Å². The van der Waals surface area contributed by atoms with Gasteiger partial charge in [-0.1, -0.05) is 270 Å². The first-order valence-corrected chi connectivity index (χ1v) is 35.7. The van der Waals surface area contributed by atoms with Crippen molar-refractivity contribution in [3.05, 3.63) is 146 Å². The van der Waals surface area contributed by atoms with E-state index in [2.05, 4.69) is 160 Å². The van der Waals surface area contributed by atoms with E-state index in [0.717, 1.165) is 148 Å². The van der Waals surface area contributed by atoms with Gasteiger partial charge in [0.25, 0.3) is 0 Å². The molecule has 0 aromatic rings. The zero-order valence-corrected chi connectivity index (χ0v) is 56.2. The first-order valence-electron chi connectivity index (χ1n) is 34.2. The Labute approximate surface area is 523 Å². The van der Waals surface area contributed by atoms with Crippen LogP contribution in [0.5, 0.6) is 0 Å². The van der Waals surface area contributed by atoms with Gasteiger partial charge < -0.3 is 19.4 Å². The van der Waals surface area contributed by atoms with Crippen LogP contribution in [0.15, 0.2) is 146 Å². The lowest BCUT2D eigenvalue weighted by molar-refractivity contribution is -0.870. The molecule has 484 valence electrons. The molecule has 9 nitrogen and oxygen atoms in total. The SMILES string of the molecule is CC/C=C\C/C=C\C/C=C\C/C=C\C/C=C\C/C=C\CCCCCCC(=O)NC(COP(=O)(O)OCC[N+](C)(C)C)C(/C=C/CCCCCCCCCCC)OC(=O)CCCCCCCCCCC/C=C\C/C=C\C/C=C\C/C=C\C/C=C\CC. The van der Waals surface area contributed by atoms with E-state index in [0.29, 0.717) is 23.9 Å². The second-order valence-corrected chi connectivity index (χ2v) is 25.0. The Morgan fingerprint density at radius 2 is 0.753 bits per heavy atom. The standard InChI is InChI=1S/C75H127N2O7P/c1-7-10-13-16-19-22-25-27-29-31-33-35-37-38-40-42-44-46-48-50-53-56-59-62-65-68-75(79)84-73(66-63-60-57-54-51-24-21-18-15-12-9-3)72(71-83-85(80,81)82-70-69-77(4,5)6)76-74(78)67-64-61-58-55-52-49-47-45-43-41-39-36-34-32-30-28-26-23-20-17-14-11-8-2/h10-11,13-14,19-20,22-23,27-30,33-36,38,40-41,43,47,49,63,66,72-73H,7-9,12,15-18,21,24-26,31-32,37,39,42,44-46,48,50-62,64-65,67-71H2,1-6H3,(H-,76,78,80,81)/p+1/b13-10-,14-11-,22-19-,23-20-,29-27-,30-28-,35-33-,36-34-,40-38-,43-41-,49-47-,66-63+. The van der Waals surface area contributed by atoms with E-state index in [1.54, 1.807) is 0 Å². The Morgan fingerprint density at radius 3 is 1.13 bits per heavy atom. The lowest BCUT2D eigenvalue weighted by Gasteiger charge is -2.27. The topological polar surface area (TPSA) is 111 Å². The van der Waals surface area contributed by atoms with Crippen molar-refractivity contribution in [3.8, 4) is 0 Å². The molecule has 1 amide bonds. The van der Waals surface area contributed by atoms with Crippen molar-refractivity contribution in [2.75, 3.05) is 40.9 Å². The third kappa shape index (κ3) is 64.2. The number of phosphoric ester groups is 1. The van der Waals surface area contributed by atoms with E-state index < -0.39 is 20.0 Å². The fourth-order valence-corrected chi connectivity index (χ4v) is 9.82. The van der Waals surface area contributed by atoms with Crippen LogP contribution in [-0.2, 0) is 27.9 Å². The molecule has 0 rings (SSSR count). The van der Waals surface area contributed by atoms with E-state index >= 15 is 0 Å². The molecular weight excluding hydrogens is 1070 g/mol. The molecule has 85 heavy (non-hydrogen) atoms. The lowest BCUT2D eigenvalue weighted by Crippen LogP contribution is -2.47. The number of carbonyl (C=O) groups is 2. The number of allylic oxidation sites excluding steroid dienone is 23. The van der Waals surface area contributed by atoms with Gasteiger partial charge in [-0.15, -0.1) is 0 Å². The van der Waals surface area contributed by atoms with Crippen LogP contribution in [0.1, 0.15) is 265 Å². The Bertz CT molecular complexity index is 1960. The molecule has 0 saturated heterocycles. The quantitative estimate of drug-likeness (QED) is 0.0205. The summed E-state index contributed by atoms with van der Waals surface area (Å²) in [6.07, 6.45) is 91.4. The fraction of sp³-hybridized carbons (Fsp3) is 0.653. The van der Waals surface area contributed by atoms with Gasteiger partial charge in [0, 0.05) is 12.8 Å². The van der Waals surface area contributed by atoms with Gasteiger partial charge in [-0.2, -0.15) is 0 Å². The van der Waals surface area contributed by atoms with Gasteiger partial charge in [0.05, 0.1) is 33.8 Å². The second-order valence-electron chi connectivity index (χ2n) is 23.6. The summed E-state index contributed by atoms with van der Waals surface area (Å²) in [6.45, 7) is 6.74. The van der Waals surface area contributed by atoms with Crippen LogP contribution in [0.25, 0.3) is 0 Å². The summed E-state index contributed by atoms with van der Waals surface area (Å²) in [7, 11) is 1.45. The molecule has 0 radical (unpaired) electrons. The second kappa shape index (κ2) is 62.9. The maximum Gasteiger partial charge on any atom is 0.472 e. The van der Waals surface area contributed by atoms with Gasteiger partial charge >= 0.3 is 13.8 Å². The number of rotatable bonds is 60. The molecule has 3 atom stereocenters. The summed E-state index contributed by atoms with van der Waals surface area (Å²) in [5.74, 6) is -0.550. The lowest BCUT2D eigenvalue weighted by atomic mass is 10.1. The third-order valence-electron chi connectivity index (χ3n) is 14.3. The van der Waals surface area contributed by atoms with Crippen LogP contribution in [0, 0.1) is 0 Å². The minimum atomic E-state index is -4.47. The molecule has 3 unspecified atom stereocenters. The van der Waals surface area contributed by atoms with Crippen LogP contribution < -0.4 is 5.32 Å². The molecule has 0 aromatic heterocycles. The number of nitrogens with one attached hydrogen (secondary N) is 1. The number of amides is 1. The smallest absolute Gasteiger partial charge is 0.456 e. The summed E-state index contributed by atoms with van der Waals surface area (Å²) in [5.41, 5.74) is 0. The monoisotopic (exact) mass is 1200 g/mol. The molecule has 0 heterocycles. The molecule has 0 aromatic carbocycles. The highest BCUT2D eigenvalue weighted by molar-refractivity contribution is 7.47. The van der Waals surface area contributed by atoms with Crippen LogP contribution in [0.4, 0.5) is 0 Å². The summed E-state index contributed by atoms with van der Waals surface area (Å²) in [4.78, 5) is 37.8. The molecule has 0 bridgehead atoms. The number of likely N-dealkylation sites (N-methyl/N-ethyl adjacent to an activating group) is 1. The van der Waals surface area contributed by atoms with Crippen molar-refractivity contribution in [2.24, 2.45) is 0 Å². The molecule has 0 aliphatic rings. The van der Waals surface area contributed by atoms with E-state index in [4.69, 9.17) is 13.8 Å². The maximum atomic E-state index is 13.6.